The lowest BCUT2D eigenvalue weighted by Crippen LogP contribution is -2.33. The maximum atomic E-state index is 11.6. The van der Waals surface area contributed by atoms with E-state index in [1.54, 1.807) is 0 Å². The van der Waals surface area contributed by atoms with Crippen molar-refractivity contribution in [3.05, 3.63) is 29.8 Å². The fourth-order valence-corrected chi connectivity index (χ4v) is 2.15. The molecule has 0 atom stereocenters. The van der Waals surface area contributed by atoms with Crippen molar-refractivity contribution in [3.63, 3.8) is 0 Å². The lowest BCUT2D eigenvalue weighted by atomic mass is 9.76. The van der Waals surface area contributed by atoms with Crippen LogP contribution in [0.15, 0.2) is 24.3 Å². The Morgan fingerprint density at radius 2 is 1.79 bits per heavy atom. The van der Waals surface area contributed by atoms with Crippen LogP contribution in [0.4, 0.5) is 5.69 Å². The van der Waals surface area contributed by atoms with E-state index in [0.717, 1.165) is 11.3 Å². The van der Waals surface area contributed by atoms with E-state index in [0.29, 0.717) is 19.3 Å². The Morgan fingerprint density at radius 1 is 1.26 bits per heavy atom. The average molecular weight is 261 g/mol. The van der Waals surface area contributed by atoms with Crippen molar-refractivity contribution in [1.82, 2.24) is 5.73 Å². The molecule has 103 valence electrons. The van der Waals surface area contributed by atoms with Crippen LogP contribution in [0.5, 0.6) is 0 Å². The molecule has 0 heterocycles. The predicted octanol–water partition coefficient (Wildman–Crippen LogP) is 2.15. The largest absolute Gasteiger partial charge is 0.370 e. The highest BCUT2D eigenvalue weighted by Crippen LogP contribution is 2.31. The maximum Gasteiger partial charge on any atom is 0.244 e. The molecule has 0 saturated heterocycles. The van der Waals surface area contributed by atoms with Crippen LogP contribution in [0.1, 0.15) is 32.3 Å². The molecule has 0 unspecified atom stereocenters. The molecule has 0 aliphatic carbocycles. The molecule has 0 aliphatic heterocycles. The van der Waals surface area contributed by atoms with E-state index >= 15 is 0 Å². The van der Waals surface area contributed by atoms with Crippen LogP contribution in [-0.4, -0.2) is 11.9 Å². The lowest BCUT2D eigenvalue weighted by molar-refractivity contribution is -0.128. The molecule has 0 bridgehead atoms. The number of benzene rings is 1. The van der Waals surface area contributed by atoms with Crippen molar-refractivity contribution in [2.75, 3.05) is 5.32 Å². The van der Waals surface area contributed by atoms with Gasteiger partial charge in [0.1, 0.15) is 0 Å². The smallest absolute Gasteiger partial charge is 0.244 e. The van der Waals surface area contributed by atoms with E-state index in [1.165, 1.54) is 0 Å². The Bertz CT molecular complexity index is 449. The van der Waals surface area contributed by atoms with Crippen LogP contribution in [-0.2, 0) is 11.2 Å². The number of amides is 1. The molecule has 1 amide bonds. The summed E-state index contributed by atoms with van der Waals surface area (Å²) in [6, 6.07) is 7.44. The van der Waals surface area contributed by atoms with Crippen molar-refractivity contribution >= 4 is 17.6 Å². The molecular weight excluding hydrogens is 240 g/mol. The first-order valence-corrected chi connectivity index (χ1v) is 6.39. The van der Waals surface area contributed by atoms with Gasteiger partial charge in [-0.1, -0.05) is 26.0 Å². The molecule has 0 saturated carbocycles. The highest BCUT2D eigenvalue weighted by atomic mass is 16.1. The van der Waals surface area contributed by atoms with Gasteiger partial charge in [-0.2, -0.15) is 0 Å². The van der Waals surface area contributed by atoms with Crippen LogP contribution < -0.4 is 16.8 Å². The molecule has 1 aromatic carbocycles. The molecule has 5 nitrogen and oxygen atoms in total. The number of rotatable bonds is 6. The van der Waals surface area contributed by atoms with Crippen LogP contribution >= 0.6 is 0 Å². The molecule has 19 heavy (non-hydrogen) atoms. The summed E-state index contributed by atoms with van der Waals surface area (Å²) in [5.41, 5.74) is 13.9. The maximum absolute atomic E-state index is 11.6. The molecular formula is C14H21N4O. The Kier molecular flexibility index (Phi) is 4.92. The van der Waals surface area contributed by atoms with E-state index in [4.69, 9.17) is 16.9 Å². The van der Waals surface area contributed by atoms with Gasteiger partial charge in [0.15, 0.2) is 5.96 Å². The first-order chi connectivity index (χ1) is 8.93. The molecule has 0 aliphatic rings. The summed E-state index contributed by atoms with van der Waals surface area (Å²) in [7, 11) is 0. The van der Waals surface area contributed by atoms with Crippen molar-refractivity contribution < 1.29 is 4.79 Å². The number of hydrogen-bond donors (Lipinski definition) is 3. The van der Waals surface area contributed by atoms with Crippen LogP contribution in [0.25, 0.3) is 0 Å². The number of carbonyl (C=O) groups is 1. The SMILES string of the molecule is CCC(CC)(Cc1ccc(NC(=N)N)cc1)C([NH])=O. The molecule has 0 fully saturated rings. The van der Waals surface area contributed by atoms with Gasteiger partial charge in [0.2, 0.25) is 5.91 Å². The summed E-state index contributed by atoms with van der Waals surface area (Å²) in [6.45, 7) is 3.89. The van der Waals surface area contributed by atoms with Gasteiger partial charge in [0.25, 0.3) is 0 Å². The zero-order valence-corrected chi connectivity index (χ0v) is 11.4. The van der Waals surface area contributed by atoms with Crippen molar-refractivity contribution in [2.24, 2.45) is 11.1 Å². The van der Waals surface area contributed by atoms with Crippen molar-refractivity contribution in [2.45, 2.75) is 33.1 Å². The topological polar surface area (TPSA) is 103 Å². The highest BCUT2D eigenvalue weighted by molar-refractivity contribution is 5.89. The summed E-state index contributed by atoms with van der Waals surface area (Å²) < 4.78 is 0. The molecule has 0 aromatic heterocycles. The van der Waals surface area contributed by atoms with Crippen LogP contribution in [0, 0.1) is 10.8 Å². The molecule has 1 radical (unpaired) electrons. The zero-order valence-electron chi connectivity index (χ0n) is 11.4. The van der Waals surface area contributed by atoms with Crippen molar-refractivity contribution in [3.8, 4) is 0 Å². The first-order valence-electron chi connectivity index (χ1n) is 6.39. The summed E-state index contributed by atoms with van der Waals surface area (Å²) in [5, 5.41) is 9.85. The minimum atomic E-state index is -0.588. The first kappa shape index (κ1) is 15.0. The third-order valence-corrected chi connectivity index (χ3v) is 3.61. The lowest BCUT2D eigenvalue weighted by Gasteiger charge is -2.27. The molecule has 1 aromatic rings. The summed E-state index contributed by atoms with van der Waals surface area (Å²) in [5.74, 6) is -0.603. The monoisotopic (exact) mass is 261 g/mol. The number of carbonyl (C=O) groups excluding carboxylic acids is 1. The van der Waals surface area contributed by atoms with E-state index in [-0.39, 0.29) is 5.96 Å². The fourth-order valence-electron chi connectivity index (χ4n) is 2.15. The minimum Gasteiger partial charge on any atom is -0.370 e. The number of nitrogens with two attached hydrogens (primary N) is 1. The predicted molar refractivity (Wildman–Crippen MR) is 76.8 cm³/mol. The number of hydrogen-bond acceptors (Lipinski definition) is 2. The second kappa shape index (κ2) is 6.22. The number of guanidine groups is 1. The van der Waals surface area contributed by atoms with E-state index in [1.807, 2.05) is 38.1 Å². The number of anilines is 1. The standard InChI is InChI=1S/C14H21N4O/c1-3-14(4-2,12(15)19)9-10-5-7-11(8-6-10)18-13(16)17/h5-8,15H,3-4,9H2,1-2H3,(H4,16,17,18). The third-order valence-electron chi connectivity index (χ3n) is 3.61. The van der Waals surface area contributed by atoms with Gasteiger partial charge in [-0.05, 0) is 37.0 Å². The second-order valence-corrected chi connectivity index (χ2v) is 4.73. The van der Waals surface area contributed by atoms with E-state index < -0.39 is 11.3 Å². The quantitative estimate of drug-likeness (QED) is 0.540. The Balaban J connectivity index is 2.86. The van der Waals surface area contributed by atoms with Gasteiger partial charge in [-0.25, -0.2) is 0 Å². The zero-order chi connectivity index (χ0) is 14.5. The minimum absolute atomic E-state index is 0.106. The van der Waals surface area contributed by atoms with Gasteiger partial charge in [-0.15, -0.1) is 0 Å². The van der Waals surface area contributed by atoms with Gasteiger partial charge in [-0.3, -0.25) is 15.9 Å². The number of nitrogens with one attached hydrogen (secondary N) is 3. The second-order valence-electron chi connectivity index (χ2n) is 4.73. The van der Waals surface area contributed by atoms with Crippen LogP contribution in [0.2, 0.25) is 0 Å². The normalized spacial score (nSPS) is 11.1. The highest BCUT2D eigenvalue weighted by Gasteiger charge is 2.33. The van der Waals surface area contributed by atoms with Gasteiger partial charge < -0.3 is 11.1 Å². The Hall–Kier alpha value is -2.04. The van der Waals surface area contributed by atoms with Gasteiger partial charge in [0.05, 0.1) is 5.41 Å². The Morgan fingerprint density at radius 3 is 2.16 bits per heavy atom. The van der Waals surface area contributed by atoms with E-state index in [2.05, 4.69) is 5.32 Å². The van der Waals surface area contributed by atoms with Gasteiger partial charge >= 0.3 is 0 Å². The fraction of sp³-hybridized carbons (Fsp3) is 0.429. The molecule has 5 heteroatoms. The Labute approximate surface area is 113 Å². The average Bonchev–Trinajstić information content (AvgIpc) is 2.37. The van der Waals surface area contributed by atoms with E-state index in [9.17, 15) is 4.79 Å². The third kappa shape index (κ3) is 3.71. The summed E-state index contributed by atoms with van der Waals surface area (Å²) >= 11 is 0. The van der Waals surface area contributed by atoms with Gasteiger partial charge in [0, 0.05) is 5.69 Å². The summed E-state index contributed by atoms with van der Waals surface area (Å²) in [4.78, 5) is 11.6. The van der Waals surface area contributed by atoms with Crippen molar-refractivity contribution in [1.29, 1.82) is 5.41 Å². The molecule has 1 rings (SSSR count). The molecule has 5 N–H and O–H groups in total. The molecule has 0 spiro atoms. The summed E-state index contributed by atoms with van der Waals surface area (Å²) in [6.07, 6.45) is 1.90. The van der Waals surface area contributed by atoms with Crippen LogP contribution in [0.3, 0.4) is 0 Å².